The molecule has 0 aliphatic heterocycles. The summed E-state index contributed by atoms with van der Waals surface area (Å²) >= 11 is 0. The Balaban J connectivity index is 3.58. The van der Waals surface area contributed by atoms with Crippen LogP contribution in [-0.2, 0) is 4.79 Å². The van der Waals surface area contributed by atoms with E-state index in [9.17, 15) is 4.79 Å². The predicted molar refractivity (Wildman–Crippen MR) is 51.9 cm³/mol. The molecule has 2 nitrogen and oxygen atoms in total. The first-order chi connectivity index (χ1) is 5.70. The van der Waals surface area contributed by atoms with Crippen LogP contribution < -0.4 is 5.32 Å². The number of allylic oxidation sites excluding steroid dienone is 1. The lowest BCUT2D eigenvalue weighted by Crippen LogP contribution is -2.30. The Morgan fingerprint density at radius 1 is 1.50 bits per heavy atom. The van der Waals surface area contributed by atoms with Crippen molar-refractivity contribution in [3.63, 3.8) is 0 Å². The molecule has 1 atom stereocenters. The first-order valence-electron chi connectivity index (χ1n) is 4.67. The minimum atomic E-state index is 0.0257. The number of nitrogens with one attached hydrogen (secondary N) is 1. The zero-order valence-corrected chi connectivity index (χ0v) is 8.26. The van der Waals surface area contributed by atoms with E-state index in [4.69, 9.17) is 0 Å². The Morgan fingerprint density at radius 2 is 2.17 bits per heavy atom. The smallest absolute Gasteiger partial charge is 0.243 e. The SMILES string of the molecule is CCCC=CC(=O)NC(C)CC. The van der Waals surface area contributed by atoms with Crippen LogP contribution in [-0.4, -0.2) is 11.9 Å². The second-order valence-corrected chi connectivity index (χ2v) is 3.01. The van der Waals surface area contributed by atoms with Crippen molar-refractivity contribution in [3.05, 3.63) is 12.2 Å². The lowest BCUT2D eigenvalue weighted by atomic mass is 10.2. The third-order valence-corrected chi connectivity index (χ3v) is 1.73. The van der Waals surface area contributed by atoms with E-state index >= 15 is 0 Å². The molecule has 0 rings (SSSR count). The van der Waals surface area contributed by atoms with Crippen molar-refractivity contribution in [2.75, 3.05) is 0 Å². The number of rotatable bonds is 5. The maximum Gasteiger partial charge on any atom is 0.243 e. The Kier molecular flexibility index (Phi) is 6.44. The van der Waals surface area contributed by atoms with Gasteiger partial charge in [0.2, 0.25) is 5.91 Å². The van der Waals surface area contributed by atoms with Gasteiger partial charge in [-0.05, 0) is 25.8 Å². The van der Waals surface area contributed by atoms with E-state index in [1.54, 1.807) is 6.08 Å². The lowest BCUT2D eigenvalue weighted by Gasteiger charge is -2.08. The van der Waals surface area contributed by atoms with E-state index in [1.807, 2.05) is 13.0 Å². The molecular formula is C10H19NO. The number of hydrogen-bond acceptors (Lipinski definition) is 1. The molecule has 12 heavy (non-hydrogen) atoms. The highest BCUT2D eigenvalue weighted by Crippen LogP contribution is 1.90. The fourth-order valence-corrected chi connectivity index (χ4v) is 0.750. The largest absolute Gasteiger partial charge is 0.350 e. The van der Waals surface area contributed by atoms with Crippen molar-refractivity contribution < 1.29 is 4.79 Å². The van der Waals surface area contributed by atoms with Crippen LogP contribution >= 0.6 is 0 Å². The zero-order valence-electron chi connectivity index (χ0n) is 8.26. The van der Waals surface area contributed by atoms with Gasteiger partial charge in [0, 0.05) is 6.04 Å². The summed E-state index contributed by atoms with van der Waals surface area (Å²) in [6.45, 7) is 6.16. The standard InChI is InChI=1S/C10H19NO/c1-4-6-7-8-10(12)11-9(3)5-2/h7-9H,4-6H2,1-3H3,(H,11,12). The van der Waals surface area contributed by atoms with Gasteiger partial charge in [-0.2, -0.15) is 0 Å². The maximum absolute atomic E-state index is 11.1. The highest BCUT2D eigenvalue weighted by molar-refractivity contribution is 5.87. The van der Waals surface area contributed by atoms with Crippen molar-refractivity contribution >= 4 is 5.91 Å². The highest BCUT2D eigenvalue weighted by Gasteiger charge is 1.99. The molecule has 0 fully saturated rings. The lowest BCUT2D eigenvalue weighted by molar-refractivity contribution is -0.117. The summed E-state index contributed by atoms with van der Waals surface area (Å²) < 4.78 is 0. The highest BCUT2D eigenvalue weighted by atomic mass is 16.1. The Labute approximate surface area is 75.0 Å². The van der Waals surface area contributed by atoms with E-state index in [-0.39, 0.29) is 11.9 Å². The van der Waals surface area contributed by atoms with Crippen LogP contribution in [0.3, 0.4) is 0 Å². The molecule has 0 heterocycles. The van der Waals surface area contributed by atoms with Crippen LogP contribution in [0.15, 0.2) is 12.2 Å². The summed E-state index contributed by atoms with van der Waals surface area (Å²) in [6, 6.07) is 0.281. The van der Waals surface area contributed by atoms with Gasteiger partial charge in [0.05, 0.1) is 0 Å². The van der Waals surface area contributed by atoms with Crippen molar-refractivity contribution in [1.29, 1.82) is 0 Å². The molecule has 0 bridgehead atoms. The number of amides is 1. The summed E-state index contributed by atoms with van der Waals surface area (Å²) in [5, 5.41) is 2.86. The summed E-state index contributed by atoms with van der Waals surface area (Å²) in [6.07, 6.45) is 6.59. The molecule has 1 unspecified atom stereocenters. The molecule has 0 aromatic carbocycles. The van der Waals surface area contributed by atoms with E-state index in [0.29, 0.717) is 0 Å². The Hall–Kier alpha value is -0.790. The van der Waals surface area contributed by atoms with Crippen molar-refractivity contribution in [1.82, 2.24) is 5.32 Å². The number of unbranched alkanes of at least 4 members (excludes halogenated alkanes) is 1. The van der Waals surface area contributed by atoms with Crippen molar-refractivity contribution in [2.45, 2.75) is 46.1 Å². The van der Waals surface area contributed by atoms with Gasteiger partial charge in [-0.1, -0.05) is 26.3 Å². The molecule has 0 aliphatic carbocycles. The Bertz CT molecular complexity index is 152. The number of hydrogen-bond donors (Lipinski definition) is 1. The Morgan fingerprint density at radius 3 is 2.67 bits per heavy atom. The molecule has 0 aromatic heterocycles. The molecule has 1 amide bonds. The van der Waals surface area contributed by atoms with Crippen LogP contribution in [0.25, 0.3) is 0 Å². The zero-order chi connectivity index (χ0) is 9.40. The van der Waals surface area contributed by atoms with Gasteiger partial charge in [0.1, 0.15) is 0 Å². The normalized spacial score (nSPS) is 13.2. The molecule has 0 saturated heterocycles. The third-order valence-electron chi connectivity index (χ3n) is 1.73. The fraction of sp³-hybridized carbons (Fsp3) is 0.700. The molecule has 2 heteroatoms. The van der Waals surface area contributed by atoms with E-state index < -0.39 is 0 Å². The van der Waals surface area contributed by atoms with E-state index in [2.05, 4.69) is 19.2 Å². The summed E-state index contributed by atoms with van der Waals surface area (Å²) in [5.74, 6) is 0.0257. The number of carbonyl (C=O) groups is 1. The van der Waals surface area contributed by atoms with Gasteiger partial charge in [-0.25, -0.2) is 0 Å². The van der Waals surface area contributed by atoms with Gasteiger partial charge >= 0.3 is 0 Å². The average Bonchev–Trinajstić information content (AvgIpc) is 2.05. The molecule has 1 N–H and O–H groups in total. The van der Waals surface area contributed by atoms with Gasteiger partial charge in [0.15, 0.2) is 0 Å². The molecular weight excluding hydrogens is 150 g/mol. The van der Waals surface area contributed by atoms with Gasteiger partial charge in [0.25, 0.3) is 0 Å². The molecule has 0 saturated carbocycles. The predicted octanol–water partition coefficient (Wildman–Crippen LogP) is 2.26. The van der Waals surface area contributed by atoms with Crippen molar-refractivity contribution in [3.8, 4) is 0 Å². The van der Waals surface area contributed by atoms with Gasteiger partial charge < -0.3 is 5.32 Å². The van der Waals surface area contributed by atoms with Crippen LogP contribution in [0.5, 0.6) is 0 Å². The summed E-state index contributed by atoms with van der Waals surface area (Å²) in [4.78, 5) is 11.1. The maximum atomic E-state index is 11.1. The van der Waals surface area contributed by atoms with Crippen LogP contribution in [0.4, 0.5) is 0 Å². The van der Waals surface area contributed by atoms with E-state index in [1.165, 1.54) is 0 Å². The monoisotopic (exact) mass is 169 g/mol. The number of carbonyl (C=O) groups excluding carboxylic acids is 1. The molecule has 70 valence electrons. The van der Waals surface area contributed by atoms with Gasteiger partial charge in [-0.3, -0.25) is 4.79 Å². The van der Waals surface area contributed by atoms with E-state index in [0.717, 1.165) is 19.3 Å². The molecule has 0 radical (unpaired) electrons. The molecule has 0 aliphatic rings. The van der Waals surface area contributed by atoms with Crippen LogP contribution in [0, 0.1) is 0 Å². The first kappa shape index (κ1) is 11.2. The average molecular weight is 169 g/mol. The molecule has 0 spiro atoms. The quantitative estimate of drug-likeness (QED) is 0.628. The minimum absolute atomic E-state index is 0.0257. The molecule has 0 aromatic rings. The van der Waals surface area contributed by atoms with Gasteiger partial charge in [-0.15, -0.1) is 0 Å². The van der Waals surface area contributed by atoms with Crippen molar-refractivity contribution in [2.24, 2.45) is 0 Å². The topological polar surface area (TPSA) is 29.1 Å². The minimum Gasteiger partial charge on any atom is -0.350 e. The third kappa shape index (κ3) is 5.96. The summed E-state index contributed by atoms with van der Waals surface area (Å²) in [5.41, 5.74) is 0. The second-order valence-electron chi connectivity index (χ2n) is 3.01. The second kappa shape index (κ2) is 6.89. The fourth-order valence-electron chi connectivity index (χ4n) is 0.750. The first-order valence-corrected chi connectivity index (χ1v) is 4.67. The van der Waals surface area contributed by atoms with Crippen LogP contribution in [0.2, 0.25) is 0 Å². The summed E-state index contributed by atoms with van der Waals surface area (Å²) in [7, 11) is 0. The van der Waals surface area contributed by atoms with Crippen LogP contribution in [0.1, 0.15) is 40.0 Å².